The lowest BCUT2D eigenvalue weighted by Gasteiger charge is -2.24. The number of unbranched alkanes of at least 4 members (excludes halogenated alkanes) is 10. The van der Waals surface area contributed by atoms with Crippen LogP contribution in [0.2, 0.25) is 0 Å². The van der Waals surface area contributed by atoms with Crippen molar-refractivity contribution in [3.05, 3.63) is 212 Å². The quantitative estimate of drug-likeness (QED) is 0.0361. The Kier molecular flexibility index (Phi) is 19.2. The van der Waals surface area contributed by atoms with E-state index in [1.807, 2.05) is 36.4 Å². The molecule has 0 fully saturated rings. The minimum atomic E-state index is 0.626. The van der Waals surface area contributed by atoms with E-state index < -0.39 is 0 Å². The fourth-order valence-electron chi connectivity index (χ4n) is 9.63. The van der Waals surface area contributed by atoms with Crippen molar-refractivity contribution in [1.29, 1.82) is 0 Å². The third-order valence-electron chi connectivity index (χ3n) is 13.9. The SMILES string of the molecule is C=Cc1ccc(N(c2ccc(-c3ccccc3)cc2)c2ccc(-c3cc(OCCCCCCCC)c(-c4ccc(N(c5ccc(C=O)cc5)c5ccc(-c6ccccc6)cc5)s4)cc3OCCCCCCCC)s2)cc1. The van der Waals surface area contributed by atoms with E-state index in [1.54, 1.807) is 22.7 Å². The Bertz CT molecular complexity index is 2980. The second-order valence-corrected chi connectivity index (χ2v) is 21.5. The standard InChI is InChI=1S/C69H70N2O3S2/c1-4-7-9-11-13-21-47-73-64-50-63(67-44-46-69(76-67)71(59-37-29-53(51-72)30-38-59)61-41-33-57(34-42-61)55-25-19-16-20-26-55)65(74-48-22-14-12-10-8-5-2)49-62(64)66-43-45-68(75-66)70(58-35-27-52(6-3)28-36-58)60-39-31-56(32-40-60)54-23-17-15-18-24-54/h6,15-20,23-46,49-51H,3-5,7-14,21-22,47-48H2,1-2H3. The largest absolute Gasteiger partial charge is 0.493 e. The summed E-state index contributed by atoms with van der Waals surface area (Å²) in [5, 5.41) is 2.14. The highest BCUT2D eigenvalue weighted by Crippen LogP contribution is 2.50. The molecule has 5 nitrogen and oxygen atoms in total. The summed E-state index contributed by atoms with van der Waals surface area (Å²) >= 11 is 3.49. The van der Waals surface area contributed by atoms with Crippen molar-refractivity contribution in [3.8, 4) is 54.6 Å². The van der Waals surface area contributed by atoms with Gasteiger partial charge in [-0.25, -0.2) is 0 Å². The first kappa shape index (κ1) is 53.4. The van der Waals surface area contributed by atoms with Crippen molar-refractivity contribution in [1.82, 2.24) is 0 Å². The molecular formula is C69H70N2O3S2. The minimum absolute atomic E-state index is 0.626. The molecule has 0 saturated heterocycles. The molecular weight excluding hydrogens is 969 g/mol. The Balaban J connectivity index is 1.11. The van der Waals surface area contributed by atoms with E-state index in [4.69, 9.17) is 9.47 Å². The van der Waals surface area contributed by atoms with Crippen LogP contribution in [0.4, 0.5) is 32.8 Å². The van der Waals surface area contributed by atoms with Gasteiger partial charge in [0.15, 0.2) is 0 Å². The molecule has 2 heterocycles. The lowest BCUT2D eigenvalue weighted by molar-refractivity contribution is 0.112. The molecule has 9 aromatic rings. The van der Waals surface area contributed by atoms with Gasteiger partial charge in [-0.05, 0) is 138 Å². The number of aldehydes is 1. The number of rotatable bonds is 28. The fraction of sp³-hybridized carbons (Fsp3) is 0.232. The highest BCUT2D eigenvalue weighted by molar-refractivity contribution is 7.20. The zero-order valence-electron chi connectivity index (χ0n) is 44.2. The molecule has 0 aliphatic heterocycles. The van der Waals surface area contributed by atoms with Crippen LogP contribution in [0.15, 0.2) is 201 Å². The summed E-state index contributed by atoms with van der Waals surface area (Å²) in [7, 11) is 0. The summed E-state index contributed by atoms with van der Waals surface area (Å²) in [5.74, 6) is 1.70. The highest BCUT2D eigenvalue weighted by atomic mass is 32.1. The zero-order chi connectivity index (χ0) is 52.3. The number of benzene rings is 7. The average molecular weight is 1040 g/mol. The average Bonchev–Trinajstić information content (AvgIpc) is 4.18. The number of thiophene rings is 2. The lowest BCUT2D eigenvalue weighted by atomic mass is 10.0. The van der Waals surface area contributed by atoms with Crippen molar-refractivity contribution >= 4 is 67.8 Å². The van der Waals surface area contributed by atoms with E-state index in [9.17, 15) is 4.79 Å². The van der Waals surface area contributed by atoms with Crippen LogP contribution in [0.1, 0.15) is 107 Å². The second kappa shape index (κ2) is 27.4. The van der Waals surface area contributed by atoms with Gasteiger partial charge in [0.25, 0.3) is 0 Å². The van der Waals surface area contributed by atoms with Crippen LogP contribution in [0, 0.1) is 0 Å². The number of hydrogen-bond donors (Lipinski definition) is 0. The molecule has 0 aliphatic rings. The summed E-state index contributed by atoms with van der Waals surface area (Å²) < 4.78 is 13.9. The predicted octanol–water partition coefficient (Wildman–Crippen LogP) is 21.4. The highest BCUT2D eigenvalue weighted by Gasteiger charge is 2.23. The number of ether oxygens (including phenoxy) is 2. The molecule has 0 atom stereocenters. The van der Waals surface area contributed by atoms with Crippen LogP contribution < -0.4 is 19.3 Å². The smallest absolute Gasteiger partial charge is 0.150 e. The summed E-state index contributed by atoms with van der Waals surface area (Å²) in [5.41, 5.74) is 12.6. The summed E-state index contributed by atoms with van der Waals surface area (Å²) in [6.07, 6.45) is 17.0. The maximum atomic E-state index is 11.8. The van der Waals surface area contributed by atoms with Crippen LogP contribution >= 0.6 is 22.7 Å². The van der Waals surface area contributed by atoms with E-state index in [2.05, 4.69) is 194 Å². The van der Waals surface area contributed by atoms with Crippen LogP contribution in [-0.4, -0.2) is 19.5 Å². The molecule has 0 unspecified atom stereocenters. The van der Waals surface area contributed by atoms with Crippen molar-refractivity contribution in [2.24, 2.45) is 0 Å². The third kappa shape index (κ3) is 13.7. The van der Waals surface area contributed by atoms with Crippen molar-refractivity contribution in [2.75, 3.05) is 23.0 Å². The first-order chi connectivity index (χ1) is 37.5. The molecule has 0 aliphatic carbocycles. The van der Waals surface area contributed by atoms with E-state index >= 15 is 0 Å². The van der Waals surface area contributed by atoms with Gasteiger partial charge in [0.2, 0.25) is 0 Å². The van der Waals surface area contributed by atoms with Crippen molar-refractivity contribution in [2.45, 2.75) is 90.9 Å². The summed E-state index contributed by atoms with van der Waals surface area (Å²) in [6, 6.07) is 68.4. The molecule has 0 bridgehead atoms. The molecule has 7 aromatic carbocycles. The van der Waals surface area contributed by atoms with Crippen LogP contribution in [-0.2, 0) is 0 Å². The van der Waals surface area contributed by atoms with Gasteiger partial charge in [0, 0.05) is 49.2 Å². The Hall–Kier alpha value is -7.45. The maximum Gasteiger partial charge on any atom is 0.150 e. The van der Waals surface area contributed by atoms with E-state index in [0.29, 0.717) is 18.8 Å². The van der Waals surface area contributed by atoms with Crippen molar-refractivity contribution in [3.63, 3.8) is 0 Å². The third-order valence-corrected chi connectivity index (χ3v) is 16.1. The molecule has 0 N–H and O–H groups in total. The van der Waals surface area contributed by atoms with Gasteiger partial charge in [-0.2, -0.15) is 0 Å². The molecule has 76 heavy (non-hydrogen) atoms. The first-order valence-corrected chi connectivity index (χ1v) is 29.0. The van der Waals surface area contributed by atoms with Crippen molar-refractivity contribution < 1.29 is 14.3 Å². The Morgan fingerprint density at radius 2 is 0.763 bits per heavy atom. The van der Waals surface area contributed by atoms with Gasteiger partial charge in [0.05, 0.1) is 13.2 Å². The van der Waals surface area contributed by atoms with Gasteiger partial charge in [-0.1, -0.05) is 188 Å². The van der Waals surface area contributed by atoms with Crippen LogP contribution in [0.5, 0.6) is 11.5 Å². The molecule has 0 radical (unpaired) electrons. The van der Waals surface area contributed by atoms with Gasteiger partial charge < -0.3 is 19.3 Å². The number of anilines is 6. The molecule has 0 saturated carbocycles. The molecule has 2 aromatic heterocycles. The Morgan fingerprint density at radius 3 is 1.14 bits per heavy atom. The number of nitrogens with zero attached hydrogens (tertiary/aromatic N) is 2. The number of carbonyl (C=O) groups excluding carboxylic acids is 1. The topological polar surface area (TPSA) is 42.0 Å². The lowest BCUT2D eigenvalue weighted by Crippen LogP contribution is -2.08. The monoisotopic (exact) mass is 1040 g/mol. The Morgan fingerprint density at radius 1 is 0.408 bits per heavy atom. The number of hydrogen-bond acceptors (Lipinski definition) is 7. The van der Waals surface area contributed by atoms with Gasteiger partial charge in [-0.3, -0.25) is 4.79 Å². The van der Waals surface area contributed by atoms with Gasteiger partial charge in [-0.15, -0.1) is 22.7 Å². The van der Waals surface area contributed by atoms with E-state index in [0.717, 1.165) is 108 Å². The summed E-state index contributed by atoms with van der Waals surface area (Å²) in [4.78, 5) is 18.6. The van der Waals surface area contributed by atoms with E-state index in [1.165, 1.54) is 68.1 Å². The molecule has 0 amide bonds. The molecule has 9 rings (SSSR count). The van der Waals surface area contributed by atoms with Crippen LogP contribution in [0.25, 0.3) is 49.2 Å². The second-order valence-electron chi connectivity index (χ2n) is 19.4. The predicted molar refractivity (Wildman–Crippen MR) is 327 cm³/mol. The molecule has 386 valence electrons. The van der Waals surface area contributed by atoms with Gasteiger partial charge in [0.1, 0.15) is 27.8 Å². The first-order valence-electron chi connectivity index (χ1n) is 27.4. The zero-order valence-corrected chi connectivity index (χ0v) is 45.8. The maximum absolute atomic E-state index is 11.8. The van der Waals surface area contributed by atoms with Gasteiger partial charge >= 0.3 is 0 Å². The molecule has 7 heteroatoms. The molecule has 0 spiro atoms. The summed E-state index contributed by atoms with van der Waals surface area (Å²) in [6.45, 7) is 9.81. The van der Waals surface area contributed by atoms with E-state index in [-0.39, 0.29) is 0 Å². The minimum Gasteiger partial charge on any atom is -0.493 e. The fourth-order valence-corrected chi connectivity index (χ4v) is 11.8. The Labute approximate surface area is 459 Å². The normalized spacial score (nSPS) is 11.1. The number of carbonyl (C=O) groups is 1. The van der Waals surface area contributed by atoms with Crippen LogP contribution in [0.3, 0.4) is 0 Å².